The Bertz CT molecular complexity index is 243. The van der Waals surface area contributed by atoms with E-state index in [-0.39, 0.29) is 18.6 Å². The van der Waals surface area contributed by atoms with Crippen LogP contribution in [0.15, 0.2) is 0 Å². The Hall–Kier alpha value is -0.610. The van der Waals surface area contributed by atoms with Gasteiger partial charge < -0.3 is 9.84 Å². The third-order valence-electron chi connectivity index (χ3n) is 3.66. The third-order valence-corrected chi connectivity index (χ3v) is 3.66. The first-order chi connectivity index (χ1) is 8.74. The molecular weight excluding hydrogens is 230 g/mol. The minimum absolute atomic E-state index is 0.0933. The molecule has 4 heteroatoms. The topological polar surface area (TPSA) is 49.8 Å². The fraction of sp³-hybridized carbons (Fsp3) is 0.929. The Labute approximate surface area is 110 Å². The van der Waals surface area contributed by atoms with Crippen LogP contribution >= 0.6 is 0 Å². The van der Waals surface area contributed by atoms with E-state index < -0.39 is 0 Å². The molecule has 2 unspecified atom stereocenters. The van der Waals surface area contributed by atoms with Crippen molar-refractivity contribution in [3.05, 3.63) is 0 Å². The normalized spacial score (nSPS) is 22.7. The zero-order chi connectivity index (χ0) is 13.4. The Balaban J connectivity index is 2.70. The van der Waals surface area contributed by atoms with Gasteiger partial charge in [-0.25, -0.2) is 0 Å². The number of aliphatic hydroxyl groups is 1. The van der Waals surface area contributed by atoms with Crippen molar-refractivity contribution in [1.29, 1.82) is 0 Å². The monoisotopic (exact) mass is 257 g/mol. The number of likely N-dealkylation sites (tertiary alicyclic amines) is 1. The van der Waals surface area contributed by atoms with E-state index in [2.05, 4.69) is 11.8 Å². The van der Waals surface area contributed by atoms with Gasteiger partial charge in [0.2, 0.25) is 0 Å². The van der Waals surface area contributed by atoms with Crippen LogP contribution in [0.1, 0.15) is 52.4 Å². The number of carbonyl (C=O) groups excluding carboxylic acids is 1. The lowest BCUT2D eigenvalue weighted by molar-refractivity contribution is -0.151. The van der Waals surface area contributed by atoms with Crippen LogP contribution in [0.5, 0.6) is 0 Å². The molecule has 0 aromatic heterocycles. The van der Waals surface area contributed by atoms with Crippen LogP contribution in [0.3, 0.4) is 0 Å². The van der Waals surface area contributed by atoms with Gasteiger partial charge in [0.05, 0.1) is 6.61 Å². The van der Waals surface area contributed by atoms with Crippen molar-refractivity contribution in [1.82, 2.24) is 4.90 Å². The zero-order valence-corrected chi connectivity index (χ0v) is 11.7. The number of hydrogen-bond donors (Lipinski definition) is 1. The molecule has 1 fully saturated rings. The number of esters is 1. The van der Waals surface area contributed by atoms with Crippen LogP contribution in [-0.2, 0) is 9.53 Å². The highest BCUT2D eigenvalue weighted by Gasteiger charge is 2.33. The van der Waals surface area contributed by atoms with Crippen molar-refractivity contribution in [2.45, 2.75) is 64.5 Å². The maximum atomic E-state index is 12.1. The van der Waals surface area contributed by atoms with Crippen molar-refractivity contribution in [2.75, 3.05) is 19.8 Å². The molecule has 1 saturated heterocycles. The van der Waals surface area contributed by atoms with Crippen molar-refractivity contribution < 1.29 is 14.6 Å². The molecule has 0 aliphatic carbocycles. The van der Waals surface area contributed by atoms with E-state index in [1.54, 1.807) is 0 Å². The second-order valence-electron chi connectivity index (χ2n) is 4.96. The van der Waals surface area contributed by atoms with E-state index >= 15 is 0 Å². The van der Waals surface area contributed by atoms with Crippen molar-refractivity contribution in [3.63, 3.8) is 0 Å². The average Bonchev–Trinajstić information content (AvgIpc) is 2.37. The molecule has 2 atom stereocenters. The summed E-state index contributed by atoms with van der Waals surface area (Å²) in [4.78, 5) is 14.3. The van der Waals surface area contributed by atoms with Gasteiger partial charge in [-0.1, -0.05) is 19.8 Å². The van der Waals surface area contributed by atoms with E-state index in [0.717, 1.165) is 38.6 Å². The number of rotatable bonds is 7. The van der Waals surface area contributed by atoms with Crippen LogP contribution in [0.2, 0.25) is 0 Å². The van der Waals surface area contributed by atoms with Gasteiger partial charge in [0, 0.05) is 12.6 Å². The summed E-state index contributed by atoms with van der Waals surface area (Å²) in [5.41, 5.74) is 0. The number of aliphatic hydroxyl groups excluding tert-OH is 1. The maximum absolute atomic E-state index is 12.1. The summed E-state index contributed by atoms with van der Waals surface area (Å²) in [5, 5.41) is 9.15. The predicted molar refractivity (Wildman–Crippen MR) is 71.4 cm³/mol. The van der Waals surface area contributed by atoms with Crippen LogP contribution in [0.4, 0.5) is 0 Å². The minimum Gasteiger partial charge on any atom is -0.465 e. The summed E-state index contributed by atoms with van der Waals surface area (Å²) < 4.78 is 5.19. The molecule has 0 aromatic rings. The van der Waals surface area contributed by atoms with Crippen LogP contribution in [-0.4, -0.2) is 47.8 Å². The van der Waals surface area contributed by atoms with E-state index in [9.17, 15) is 4.79 Å². The summed E-state index contributed by atoms with van der Waals surface area (Å²) in [7, 11) is 0. The highest BCUT2D eigenvalue weighted by atomic mass is 16.5. The fourth-order valence-electron chi connectivity index (χ4n) is 2.82. The largest absolute Gasteiger partial charge is 0.465 e. The summed E-state index contributed by atoms with van der Waals surface area (Å²) in [6.45, 7) is 5.54. The van der Waals surface area contributed by atoms with Gasteiger partial charge in [0.15, 0.2) is 0 Å². The van der Waals surface area contributed by atoms with Gasteiger partial charge in [-0.15, -0.1) is 0 Å². The number of hydrogen-bond acceptors (Lipinski definition) is 4. The molecule has 0 saturated carbocycles. The van der Waals surface area contributed by atoms with Crippen molar-refractivity contribution in [2.24, 2.45) is 0 Å². The van der Waals surface area contributed by atoms with E-state index in [0.29, 0.717) is 12.6 Å². The molecule has 4 nitrogen and oxygen atoms in total. The first-order valence-corrected chi connectivity index (χ1v) is 7.27. The number of piperidine rings is 1. The summed E-state index contributed by atoms with van der Waals surface area (Å²) in [5.74, 6) is -0.0933. The molecular formula is C14H27NO3. The minimum atomic E-state index is -0.119. The fourth-order valence-corrected chi connectivity index (χ4v) is 2.82. The summed E-state index contributed by atoms with van der Waals surface area (Å²) in [6.07, 6.45) is 6.01. The van der Waals surface area contributed by atoms with Crippen molar-refractivity contribution in [3.8, 4) is 0 Å². The van der Waals surface area contributed by atoms with Gasteiger partial charge in [0.25, 0.3) is 0 Å². The molecule has 1 aliphatic heterocycles. The van der Waals surface area contributed by atoms with Gasteiger partial charge in [-0.3, -0.25) is 9.69 Å². The lowest BCUT2D eigenvalue weighted by atomic mass is 9.96. The summed E-state index contributed by atoms with van der Waals surface area (Å²) in [6, 6.07) is 0.219. The maximum Gasteiger partial charge on any atom is 0.323 e. The average molecular weight is 257 g/mol. The van der Waals surface area contributed by atoms with Crippen LogP contribution in [0.25, 0.3) is 0 Å². The molecule has 1 N–H and O–H groups in total. The van der Waals surface area contributed by atoms with E-state index in [1.165, 1.54) is 6.42 Å². The molecule has 1 heterocycles. The van der Waals surface area contributed by atoms with E-state index in [1.807, 2.05) is 6.92 Å². The number of carbonyl (C=O) groups is 1. The first-order valence-electron chi connectivity index (χ1n) is 7.27. The predicted octanol–water partition coefficient (Wildman–Crippen LogP) is 1.96. The molecule has 0 radical (unpaired) electrons. The van der Waals surface area contributed by atoms with Gasteiger partial charge in [-0.05, 0) is 39.2 Å². The highest BCUT2D eigenvalue weighted by molar-refractivity contribution is 5.75. The molecule has 0 bridgehead atoms. The molecule has 106 valence electrons. The molecule has 18 heavy (non-hydrogen) atoms. The highest BCUT2D eigenvalue weighted by Crippen LogP contribution is 2.24. The molecule has 0 amide bonds. The Morgan fingerprint density at radius 1 is 1.44 bits per heavy atom. The smallest absolute Gasteiger partial charge is 0.323 e. The standard InChI is InChI=1S/C14H27NO3/c1-3-7-13(14(17)18-4-2)15-10-6-5-8-12(15)9-11-16/h12-13,16H,3-11H2,1-2H3. The van der Waals surface area contributed by atoms with E-state index in [4.69, 9.17) is 9.84 Å². The lowest BCUT2D eigenvalue weighted by Crippen LogP contribution is -2.50. The third kappa shape index (κ3) is 4.25. The Morgan fingerprint density at radius 2 is 2.22 bits per heavy atom. The van der Waals surface area contributed by atoms with Crippen LogP contribution in [0, 0.1) is 0 Å². The Morgan fingerprint density at radius 3 is 2.83 bits per heavy atom. The molecule has 0 spiro atoms. The molecule has 0 aromatic carbocycles. The quantitative estimate of drug-likeness (QED) is 0.708. The number of nitrogens with zero attached hydrogens (tertiary/aromatic N) is 1. The number of ether oxygens (including phenoxy) is 1. The molecule has 1 aliphatic rings. The first kappa shape index (κ1) is 15.4. The van der Waals surface area contributed by atoms with Gasteiger partial charge in [-0.2, -0.15) is 0 Å². The lowest BCUT2D eigenvalue weighted by Gasteiger charge is -2.40. The summed E-state index contributed by atoms with van der Waals surface area (Å²) >= 11 is 0. The second kappa shape index (κ2) is 8.48. The van der Waals surface area contributed by atoms with Gasteiger partial charge in [0.1, 0.15) is 6.04 Å². The Kier molecular flexibility index (Phi) is 7.28. The zero-order valence-electron chi connectivity index (χ0n) is 11.7. The van der Waals surface area contributed by atoms with Gasteiger partial charge >= 0.3 is 5.97 Å². The molecule has 1 rings (SSSR count). The second-order valence-corrected chi connectivity index (χ2v) is 4.96. The van der Waals surface area contributed by atoms with Crippen LogP contribution < -0.4 is 0 Å². The SMILES string of the molecule is CCCC(C(=O)OCC)N1CCCCC1CCO. The van der Waals surface area contributed by atoms with Crippen molar-refractivity contribution >= 4 is 5.97 Å².